The largest absolute Gasteiger partial charge is 0.392 e. The molecule has 0 spiro atoms. The first-order valence-electron chi connectivity index (χ1n) is 1.97. The lowest BCUT2D eigenvalue weighted by Gasteiger charge is -1.91. The fraction of sp³-hybridized carbons (Fsp3) is 0.400. The molecule has 0 atom stereocenters. The SMILES string of the molecule is [CH2]C(=CC)NC. The first-order valence-corrected chi connectivity index (χ1v) is 1.97. The Hall–Kier alpha value is -0.460. The second-order valence-electron chi connectivity index (χ2n) is 1.06. The molecule has 0 aliphatic heterocycles. The number of hydrogen-bond acceptors (Lipinski definition) is 1. The summed E-state index contributed by atoms with van der Waals surface area (Å²) in [4.78, 5) is 0. The third-order valence-electron chi connectivity index (χ3n) is 0.670. The molecule has 0 heterocycles. The molecule has 0 unspecified atom stereocenters. The Morgan fingerprint density at radius 2 is 2.33 bits per heavy atom. The minimum absolute atomic E-state index is 0.968. The summed E-state index contributed by atoms with van der Waals surface area (Å²) in [6, 6.07) is 0. The summed E-state index contributed by atoms with van der Waals surface area (Å²) < 4.78 is 0. The molecule has 0 aromatic heterocycles. The average molecular weight is 84.1 g/mol. The predicted octanol–water partition coefficient (Wildman–Crippen LogP) is 0.944. The highest BCUT2D eigenvalue weighted by Gasteiger charge is 1.69. The zero-order valence-corrected chi connectivity index (χ0v) is 4.28. The topological polar surface area (TPSA) is 12.0 Å². The standard InChI is InChI=1S/C5H10N/c1-4-5(2)6-3/h4,6H,2H2,1,3H3. The second kappa shape index (κ2) is 2.76. The average Bonchev–Trinajstić information content (AvgIpc) is 1.65. The van der Waals surface area contributed by atoms with Gasteiger partial charge in [0.15, 0.2) is 0 Å². The molecule has 1 radical (unpaired) electrons. The molecule has 0 amide bonds. The summed E-state index contributed by atoms with van der Waals surface area (Å²) in [5.74, 6) is 0. The maximum absolute atomic E-state index is 3.62. The fourth-order valence-corrected chi connectivity index (χ4v) is 0.144. The van der Waals surface area contributed by atoms with Gasteiger partial charge in [-0.1, -0.05) is 6.08 Å². The van der Waals surface area contributed by atoms with Crippen molar-refractivity contribution < 1.29 is 0 Å². The van der Waals surface area contributed by atoms with Crippen LogP contribution in [0.2, 0.25) is 0 Å². The zero-order valence-electron chi connectivity index (χ0n) is 4.28. The van der Waals surface area contributed by atoms with Gasteiger partial charge < -0.3 is 5.32 Å². The van der Waals surface area contributed by atoms with Crippen molar-refractivity contribution >= 4 is 0 Å². The van der Waals surface area contributed by atoms with E-state index < -0.39 is 0 Å². The fourth-order valence-electron chi connectivity index (χ4n) is 0.144. The van der Waals surface area contributed by atoms with Crippen LogP contribution in [0.1, 0.15) is 6.92 Å². The van der Waals surface area contributed by atoms with Crippen LogP contribution in [0.5, 0.6) is 0 Å². The van der Waals surface area contributed by atoms with E-state index >= 15 is 0 Å². The lowest BCUT2D eigenvalue weighted by Crippen LogP contribution is -2.00. The summed E-state index contributed by atoms with van der Waals surface area (Å²) in [5.41, 5.74) is 0.968. The van der Waals surface area contributed by atoms with Crippen molar-refractivity contribution in [2.24, 2.45) is 0 Å². The van der Waals surface area contributed by atoms with Crippen molar-refractivity contribution in [2.45, 2.75) is 6.92 Å². The van der Waals surface area contributed by atoms with E-state index in [2.05, 4.69) is 12.2 Å². The number of rotatable bonds is 1. The van der Waals surface area contributed by atoms with Crippen molar-refractivity contribution in [1.82, 2.24) is 5.32 Å². The van der Waals surface area contributed by atoms with Crippen molar-refractivity contribution in [3.8, 4) is 0 Å². The minimum atomic E-state index is 0.968. The van der Waals surface area contributed by atoms with Crippen molar-refractivity contribution in [3.05, 3.63) is 18.7 Å². The van der Waals surface area contributed by atoms with Crippen LogP contribution >= 0.6 is 0 Å². The van der Waals surface area contributed by atoms with Gasteiger partial charge in [0, 0.05) is 12.7 Å². The Bertz CT molecular complexity index is 55.0. The smallest absolute Gasteiger partial charge is 0.00646 e. The molecule has 6 heavy (non-hydrogen) atoms. The first-order chi connectivity index (χ1) is 2.81. The van der Waals surface area contributed by atoms with Gasteiger partial charge in [0.2, 0.25) is 0 Å². The van der Waals surface area contributed by atoms with E-state index in [0.29, 0.717) is 0 Å². The highest BCUT2D eigenvalue weighted by molar-refractivity contribution is 4.98. The molecule has 0 rings (SSSR count). The van der Waals surface area contributed by atoms with Crippen LogP contribution in [-0.2, 0) is 0 Å². The van der Waals surface area contributed by atoms with E-state index in [-0.39, 0.29) is 0 Å². The van der Waals surface area contributed by atoms with Crippen LogP contribution in [0.25, 0.3) is 0 Å². The summed E-state index contributed by atoms with van der Waals surface area (Å²) in [6.07, 6.45) is 1.92. The first kappa shape index (κ1) is 5.54. The minimum Gasteiger partial charge on any atom is -0.392 e. The highest BCUT2D eigenvalue weighted by Crippen LogP contribution is 1.77. The van der Waals surface area contributed by atoms with Gasteiger partial charge in [-0.2, -0.15) is 0 Å². The van der Waals surface area contributed by atoms with Crippen LogP contribution < -0.4 is 5.32 Å². The maximum Gasteiger partial charge on any atom is 0.00646 e. The van der Waals surface area contributed by atoms with Gasteiger partial charge in [0.1, 0.15) is 0 Å². The van der Waals surface area contributed by atoms with E-state index in [1.807, 2.05) is 20.0 Å². The Balaban J connectivity index is 3.22. The van der Waals surface area contributed by atoms with E-state index in [9.17, 15) is 0 Å². The third kappa shape index (κ3) is 1.82. The monoisotopic (exact) mass is 84.1 g/mol. The van der Waals surface area contributed by atoms with Gasteiger partial charge in [-0.25, -0.2) is 0 Å². The Labute approximate surface area is 39.1 Å². The molecule has 0 saturated carbocycles. The van der Waals surface area contributed by atoms with Gasteiger partial charge in [-0.15, -0.1) is 0 Å². The van der Waals surface area contributed by atoms with Crippen molar-refractivity contribution in [1.29, 1.82) is 0 Å². The maximum atomic E-state index is 3.62. The molecule has 1 heteroatoms. The van der Waals surface area contributed by atoms with Crippen LogP contribution in [0, 0.1) is 6.92 Å². The lowest BCUT2D eigenvalue weighted by molar-refractivity contribution is 1.03. The zero-order chi connectivity index (χ0) is 4.99. The quantitative estimate of drug-likeness (QED) is 0.498. The predicted molar refractivity (Wildman–Crippen MR) is 28.2 cm³/mol. The van der Waals surface area contributed by atoms with Gasteiger partial charge in [-0.3, -0.25) is 0 Å². The van der Waals surface area contributed by atoms with E-state index in [1.165, 1.54) is 0 Å². The van der Waals surface area contributed by atoms with Crippen molar-refractivity contribution in [2.75, 3.05) is 7.05 Å². The molecular formula is C5H10N. The van der Waals surface area contributed by atoms with Gasteiger partial charge in [0.25, 0.3) is 0 Å². The molecule has 1 N–H and O–H groups in total. The molecule has 0 aromatic carbocycles. The van der Waals surface area contributed by atoms with Crippen LogP contribution in [0.4, 0.5) is 0 Å². The van der Waals surface area contributed by atoms with E-state index in [0.717, 1.165) is 5.70 Å². The molecule has 35 valence electrons. The molecule has 0 bridgehead atoms. The van der Waals surface area contributed by atoms with Crippen molar-refractivity contribution in [3.63, 3.8) is 0 Å². The van der Waals surface area contributed by atoms with E-state index in [1.54, 1.807) is 0 Å². The summed E-state index contributed by atoms with van der Waals surface area (Å²) in [6.45, 7) is 5.57. The molecule has 0 saturated heterocycles. The normalized spacial score (nSPS) is 11.5. The van der Waals surface area contributed by atoms with Crippen LogP contribution in [0.15, 0.2) is 11.8 Å². The van der Waals surface area contributed by atoms with Gasteiger partial charge in [0.05, 0.1) is 0 Å². The van der Waals surface area contributed by atoms with Gasteiger partial charge in [-0.05, 0) is 13.8 Å². The molecule has 1 nitrogen and oxygen atoms in total. The van der Waals surface area contributed by atoms with Gasteiger partial charge >= 0.3 is 0 Å². The third-order valence-corrected chi connectivity index (χ3v) is 0.670. The molecule has 0 fully saturated rings. The van der Waals surface area contributed by atoms with Crippen LogP contribution in [-0.4, -0.2) is 7.05 Å². The second-order valence-corrected chi connectivity index (χ2v) is 1.06. The van der Waals surface area contributed by atoms with Crippen LogP contribution in [0.3, 0.4) is 0 Å². The summed E-state index contributed by atoms with van der Waals surface area (Å²) in [5, 5.41) is 2.86. The number of hydrogen-bond donors (Lipinski definition) is 1. The highest BCUT2D eigenvalue weighted by atomic mass is 14.8. The molecule has 0 aliphatic rings. The number of nitrogens with one attached hydrogen (secondary N) is 1. The Kier molecular flexibility index (Phi) is 2.55. The van der Waals surface area contributed by atoms with E-state index in [4.69, 9.17) is 0 Å². The summed E-state index contributed by atoms with van der Waals surface area (Å²) in [7, 11) is 1.85. The summed E-state index contributed by atoms with van der Waals surface area (Å²) >= 11 is 0. The lowest BCUT2D eigenvalue weighted by atomic mass is 10.5. The Morgan fingerprint density at radius 3 is 2.33 bits per heavy atom. The molecule has 0 aromatic rings. The molecule has 0 aliphatic carbocycles. The molecular weight excluding hydrogens is 74.1 g/mol. The number of allylic oxidation sites excluding steroid dienone is 2. The Morgan fingerprint density at radius 1 is 1.83 bits per heavy atom.